The third kappa shape index (κ3) is 4.04. The Balaban J connectivity index is 1.26. The fraction of sp³-hybridized carbons (Fsp3) is 0.286. The van der Waals surface area contributed by atoms with Crippen molar-refractivity contribution in [2.75, 3.05) is 32.1 Å². The Hall–Kier alpha value is -3.36. The van der Waals surface area contributed by atoms with Crippen LogP contribution in [0.1, 0.15) is 35.7 Å². The molecule has 1 fully saturated rings. The molecule has 0 bridgehead atoms. The van der Waals surface area contributed by atoms with Gasteiger partial charge in [0.15, 0.2) is 0 Å². The van der Waals surface area contributed by atoms with Crippen LogP contribution in [0.3, 0.4) is 0 Å². The highest BCUT2D eigenvalue weighted by Crippen LogP contribution is 2.43. The summed E-state index contributed by atoms with van der Waals surface area (Å²) in [6.07, 6.45) is 0. The highest BCUT2D eigenvalue weighted by Gasteiger charge is 2.44. The van der Waals surface area contributed by atoms with Gasteiger partial charge in [0.2, 0.25) is 0 Å². The van der Waals surface area contributed by atoms with Gasteiger partial charge in [-0.25, -0.2) is 10.2 Å². The Morgan fingerprint density at radius 2 is 1.72 bits per heavy atom. The molecular formula is C28H28BrN5O2. The van der Waals surface area contributed by atoms with Crippen LogP contribution in [0.5, 0.6) is 5.75 Å². The van der Waals surface area contributed by atoms with Gasteiger partial charge in [0.25, 0.3) is 0 Å². The predicted molar refractivity (Wildman–Crippen MR) is 144 cm³/mol. The normalized spacial score (nSPS) is 20.4. The number of benzene rings is 3. The lowest BCUT2D eigenvalue weighted by Crippen LogP contribution is -2.64. The standard InChI is InChI=1S/C28H28BrN5O2/c1-28(16-34(17-28)25(18-9-5-3-6-10-18)19-11-7-4-8-12-19)30-22-13-20-24(14-21(22)29)36-15-23-26(20)33(2)27(35)32-31-23/h3-14,25-26,30H,15-17H2,1-2H3,(H,32,35). The first-order valence-electron chi connectivity index (χ1n) is 12.1. The zero-order valence-electron chi connectivity index (χ0n) is 20.2. The molecule has 36 heavy (non-hydrogen) atoms. The molecule has 0 spiro atoms. The lowest BCUT2D eigenvalue weighted by atomic mass is 9.85. The summed E-state index contributed by atoms with van der Waals surface area (Å²) < 4.78 is 6.89. The minimum atomic E-state index is -0.234. The molecule has 3 heterocycles. The van der Waals surface area contributed by atoms with Gasteiger partial charge in [-0.05, 0) is 46.1 Å². The number of amides is 2. The van der Waals surface area contributed by atoms with Crippen molar-refractivity contribution < 1.29 is 9.53 Å². The summed E-state index contributed by atoms with van der Waals surface area (Å²) in [5, 5.41) is 8.01. The molecule has 3 aliphatic heterocycles. The second-order valence-corrected chi connectivity index (χ2v) is 10.9. The number of ether oxygens (including phenoxy) is 1. The summed E-state index contributed by atoms with van der Waals surface area (Å²) in [4.78, 5) is 16.5. The van der Waals surface area contributed by atoms with Crippen LogP contribution >= 0.6 is 15.9 Å². The monoisotopic (exact) mass is 545 g/mol. The van der Waals surface area contributed by atoms with Crippen LogP contribution in [0.4, 0.5) is 10.5 Å². The van der Waals surface area contributed by atoms with Crippen molar-refractivity contribution in [2.24, 2.45) is 5.10 Å². The molecule has 2 amide bonds. The highest BCUT2D eigenvalue weighted by molar-refractivity contribution is 9.10. The van der Waals surface area contributed by atoms with Crippen molar-refractivity contribution in [3.8, 4) is 5.75 Å². The van der Waals surface area contributed by atoms with E-state index in [9.17, 15) is 4.79 Å². The molecule has 3 aromatic carbocycles. The fourth-order valence-electron chi connectivity index (χ4n) is 5.58. The molecule has 2 N–H and O–H groups in total. The zero-order valence-corrected chi connectivity index (χ0v) is 21.8. The summed E-state index contributed by atoms with van der Waals surface area (Å²) in [6, 6.07) is 25.2. The molecule has 0 radical (unpaired) electrons. The second kappa shape index (κ2) is 8.94. The quantitative estimate of drug-likeness (QED) is 0.464. The molecule has 1 unspecified atom stereocenters. The van der Waals surface area contributed by atoms with Crippen molar-refractivity contribution in [2.45, 2.75) is 24.5 Å². The lowest BCUT2D eigenvalue weighted by molar-refractivity contribution is 0.0672. The molecule has 0 aromatic heterocycles. The molecule has 1 saturated heterocycles. The SMILES string of the molecule is CN1C(=O)NN=C2COc3cc(Br)c(NC4(C)CN(C(c5ccccc5)c5ccccc5)C4)cc3C21. The minimum absolute atomic E-state index is 0.110. The largest absolute Gasteiger partial charge is 0.487 e. The van der Waals surface area contributed by atoms with Crippen molar-refractivity contribution >= 4 is 33.4 Å². The van der Waals surface area contributed by atoms with E-state index in [0.29, 0.717) is 6.61 Å². The van der Waals surface area contributed by atoms with E-state index in [1.54, 1.807) is 11.9 Å². The number of hydrazone groups is 1. The number of hydrogen-bond acceptors (Lipinski definition) is 5. The molecule has 184 valence electrons. The average molecular weight is 546 g/mol. The van der Waals surface area contributed by atoms with Gasteiger partial charge in [-0.3, -0.25) is 4.90 Å². The topological polar surface area (TPSA) is 69.2 Å². The van der Waals surface area contributed by atoms with Crippen LogP contribution < -0.4 is 15.5 Å². The summed E-state index contributed by atoms with van der Waals surface area (Å²) in [6.45, 7) is 4.39. The molecule has 7 nitrogen and oxygen atoms in total. The summed E-state index contributed by atoms with van der Waals surface area (Å²) in [5.74, 6) is 0.770. The molecule has 1 atom stereocenters. The lowest BCUT2D eigenvalue weighted by Gasteiger charge is -2.52. The number of likely N-dealkylation sites (tertiary alicyclic amines) is 1. The predicted octanol–water partition coefficient (Wildman–Crippen LogP) is 5.17. The van der Waals surface area contributed by atoms with Gasteiger partial charge in [0.05, 0.1) is 11.6 Å². The Morgan fingerprint density at radius 1 is 1.08 bits per heavy atom. The van der Waals surface area contributed by atoms with Crippen LogP contribution in [0.2, 0.25) is 0 Å². The highest BCUT2D eigenvalue weighted by atomic mass is 79.9. The number of rotatable bonds is 5. The van der Waals surface area contributed by atoms with Gasteiger partial charge in [0.1, 0.15) is 24.1 Å². The number of carbonyl (C=O) groups excluding carboxylic acids is 1. The van der Waals surface area contributed by atoms with Crippen molar-refractivity contribution in [3.05, 3.63) is 94.0 Å². The molecule has 8 heteroatoms. The number of anilines is 1. The number of hydrogen-bond donors (Lipinski definition) is 2. The van der Waals surface area contributed by atoms with E-state index in [1.165, 1.54) is 11.1 Å². The van der Waals surface area contributed by atoms with Gasteiger partial charge >= 0.3 is 6.03 Å². The average Bonchev–Trinajstić information content (AvgIpc) is 2.87. The Labute approximate surface area is 219 Å². The third-order valence-corrected chi connectivity index (χ3v) is 7.88. The van der Waals surface area contributed by atoms with Crippen LogP contribution in [-0.2, 0) is 0 Å². The molecule has 0 saturated carbocycles. The van der Waals surface area contributed by atoms with Gasteiger partial charge < -0.3 is 15.0 Å². The van der Waals surface area contributed by atoms with Crippen LogP contribution in [0.15, 0.2) is 82.4 Å². The maximum Gasteiger partial charge on any atom is 0.338 e. The Morgan fingerprint density at radius 3 is 2.36 bits per heavy atom. The maximum absolute atomic E-state index is 12.3. The van der Waals surface area contributed by atoms with Crippen molar-refractivity contribution in [3.63, 3.8) is 0 Å². The second-order valence-electron chi connectivity index (χ2n) is 10.0. The summed E-state index contributed by atoms with van der Waals surface area (Å²) >= 11 is 3.73. The first kappa shape index (κ1) is 23.1. The van der Waals surface area contributed by atoms with Gasteiger partial charge in [-0.2, -0.15) is 5.10 Å². The summed E-state index contributed by atoms with van der Waals surface area (Å²) in [7, 11) is 1.79. The maximum atomic E-state index is 12.3. The zero-order chi connectivity index (χ0) is 24.9. The van der Waals surface area contributed by atoms with Crippen LogP contribution in [0.25, 0.3) is 0 Å². The van der Waals surface area contributed by atoms with Gasteiger partial charge in [-0.15, -0.1) is 0 Å². The van der Waals surface area contributed by atoms with E-state index < -0.39 is 0 Å². The number of urea groups is 1. The number of nitrogens with zero attached hydrogens (tertiary/aromatic N) is 3. The number of halogens is 1. The first-order valence-corrected chi connectivity index (χ1v) is 12.9. The van der Waals surface area contributed by atoms with Crippen LogP contribution in [0, 0.1) is 0 Å². The third-order valence-electron chi connectivity index (χ3n) is 7.22. The fourth-order valence-corrected chi connectivity index (χ4v) is 6.00. The Kier molecular flexibility index (Phi) is 5.73. The first-order chi connectivity index (χ1) is 17.4. The molecular weight excluding hydrogens is 518 g/mol. The molecule has 0 aliphatic carbocycles. The molecule has 3 aromatic rings. The van der Waals surface area contributed by atoms with Crippen LogP contribution in [-0.4, -0.2) is 53.8 Å². The van der Waals surface area contributed by atoms with Crippen molar-refractivity contribution in [1.82, 2.24) is 15.2 Å². The van der Waals surface area contributed by atoms with Crippen molar-refractivity contribution in [1.29, 1.82) is 0 Å². The van der Waals surface area contributed by atoms with Gasteiger partial charge in [0, 0.05) is 35.9 Å². The van der Waals surface area contributed by atoms with E-state index in [-0.39, 0.29) is 23.7 Å². The van der Waals surface area contributed by atoms with E-state index >= 15 is 0 Å². The van der Waals surface area contributed by atoms with E-state index in [0.717, 1.165) is 40.3 Å². The van der Waals surface area contributed by atoms with E-state index in [2.05, 4.69) is 110 Å². The van der Waals surface area contributed by atoms with E-state index in [4.69, 9.17) is 4.74 Å². The van der Waals surface area contributed by atoms with E-state index in [1.807, 2.05) is 6.07 Å². The molecule has 3 aliphatic rings. The number of carbonyl (C=O) groups is 1. The number of fused-ring (bicyclic) bond motifs is 3. The number of nitrogens with one attached hydrogen (secondary N) is 2. The minimum Gasteiger partial charge on any atom is -0.487 e. The smallest absolute Gasteiger partial charge is 0.338 e. The molecule has 6 rings (SSSR count). The summed E-state index contributed by atoms with van der Waals surface area (Å²) in [5.41, 5.74) is 7.75. The Bertz CT molecular complexity index is 1290. The van der Waals surface area contributed by atoms with Gasteiger partial charge in [-0.1, -0.05) is 60.7 Å².